The van der Waals surface area contributed by atoms with E-state index in [2.05, 4.69) is 35.6 Å². The molecule has 1 N–H and O–H groups in total. The van der Waals surface area contributed by atoms with Crippen molar-refractivity contribution in [3.63, 3.8) is 0 Å². The molecule has 0 saturated carbocycles. The summed E-state index contributed by atoms with van der Waals surface area (Å²) in [5.74, 6) is 0.995. The van der Waals surface area contributed by atoms with Crippen LogP contribution in [0.4, 0.5) is 0 Å². The smallest absolute Gasteiger partial charge is 0.251 e. The second-order valence-electron chi connectivity index (χ2n) is 5.99. The second kappa shape index (κ2) is 6.95. The number of benzene rings is 1. The molecule has 4 nitrogen and oxygen atoms in total. The van der Waals surface area contributed by atoms with E-state index < -0.39 is 0 Å². The largest absolute Gasteiger partial charge is 0.350 e. The van der Waals surface area contributed by atoms with Crippen LogP contribution in [0.3, 0.4) is 0 Å². The average molecular weight is 301 g/mol. The van der Waals surface area contributed by atoms with Gasteiger partial charge in [-0.25, -0.2) is 4.98 Å². The van der Waals surface area contributed by atoms with Crippen molar-refractivity contribution in [3.05, 3.63) is 29.6 Å². The van der Waals surface area contributed by atoms with Crippen LogP contribution >= 0.6 is 0 Å². The van der Waals surface area contributed by atoms with E-state index in [4.69, 9.17) is 0 Å². The fourth-order valence-electron chi connectivity index (χ4n) is 2.88. The zero-order chi connectivity index (χ0) is 16.3. The summed E-state index contributed by atoms with van der Waals surface area (Å²) in [6.45, 7) is 10.5. The van der Waals surface area contributed by atoms with Gasteiger partial charge in [-0.3, -0.25) is 4.79 Å². The molecule has 0 aliphatic heterocycles. The second-order valence-corrected chi connectivity index (χ2v) is 5.99. The maximum atomic E-state index is 12.2. The van der Waals surface area contributed by atoms with Crippen LogP contribution in [0, 0.1) is 6.92 Å². The van der Waals surface area contributed by atoms with E-state index in [-0.39, 0.29) is 11.9 Å². The Bertz CT molecular complexity index is 656. The molecule has 0 saturated heterocycles. The Morgan fingerprint density at radius 1 is 1.23 bits per heavy atom. The third-order valence-electron chi connectivity index (χ3n) is 4.43. The number of imidazole rings is 1. The highest BCUT2D eigenvalue weighted by atomic mass is 16.1. The van der Waals surface area contributed by atoms with Gasteiger partial charge in [-0.15, -0.1) is 0 Å². The summed E-state index contributed by atoms with van der Waals surface area (Å²) in [5.41, 5.74) is 2.70. The first kappa shape index (κ1) is 16.5. The molecule has 1 heterocycles. The molecule has 1 aromatic heterocycles. The van der Waals surface area contributed by atoms with Gasteiger partial charge < -0.3 is 9.88 Å². The molecule has 120 valence electrons. The topological polar surface area (TPSA) is 46.9 Å². The number of rotatable bonds is 6. The minimum Gasteiger partial charge on any atom is -0.350 e. The first-order valence-electron chi connectivity index (χ1n) is 8.31. The molecule has 22 heavy (non-hydrogen) atoms. The van der Waals surface area contributed by atoms with Crippen molar-refractivity contribution in [2.45, 2.75) is 66.0 Å². The van der Waals surface area contributed by atoms with Crippen molar-refractivity contribution in [3.8, 4) is 0 Å². The van der Waals surface area contributed by atoms with E-state index in [0.29, 0.717) is 11.6 Å². The van der Waals surface area contributed by atoms with Crippen molar-refractivity contribution >= 4 is 16.9 Å². The highest BCUT2D eigenvalue weighted by Crippen LogP contribution is 2.25. The highest BCUT2D eigenvalue weighted by Gasteiger charge is 2.16. The fraction of sp³-hybridized carbons (Fsp3) is 0.556. The van der Waals surface area contributed by atoms with Gasteiger partial charge in [-0.1, -0.05) is 20.8 Å². The number of aryl methyl sites for hydroxylation is 1. The molecule has 0 aliphatic rings. The molecule has 0 radical (unpaired) electrons. The van der Waals surface area contributed by atoms with Gasteiger partial charge in [-0.2, -0.15) is 0 Å². The summed E-state index contributed by atoms with van der Waals surface area (Å²) in [5, 5.41) is 3.00. The minimum atomic E-state index is -0.0222. The number of hydrogen-bond donors (Lipinski definition) is 1. The van der Waals surface area contributed by atoms with Crippen molar-refractivity contribution in [1.82, 2.24) is 14.9 Å². The SMILES string of the molecule is CCC(C)NC(=O)c1ccc2c(c1)nc(C)n2C(CC)CC. The maximum Gasteiger partial charge on any atom is 0.251 e. The van der Waals surface area contributed by atoms with Crippen LogP contribution < -0.4 is 5.32 Å². The van der Waals surface area contributed by atoms with Gasteiger partial charge in [0.15, 0.2) is 0 Å². The molecular weight excluding hydrogens is 274 g/mol. The number of fused-ring (bicyclic) bond motifs is 1. The summed E-state index contributed by atoms with van der Waals surface area (Å²) in [6.07, 6.45) is 3.09. The van der Waals surface area contributed by atoms with E-state index in [1.54, 1.807) is 0 Å². The van der Waals surface area contributed by atoms with Gasteiger partial charge >= 0.3 is 0 Å². The predicted octanol–water partition coefficient (Wildman–Crippen LogP) is 4.23. The molecule has 1 aromatic carbocycles. The van der Waals surface area contributed by atoms with Gasteiger partial charge in [0.1, 0.15) is 5.82 Å². The van der Waals surface area contributed by atoms with Gasteiger partial charge in [0.05, 0.1) is 11.0 Å². The lowest BCUT2D eigenvalue weighted by Gasteiger charge is -2.17. The number of nitrogens with one attached hydrogen (secondary N) is 1. The van der Waals surface area contributed by atoms with Crippen molar-refractivity contribution in [2.75, 3.05) is 0 Å². The molecule has 2 rings (SSSR count). The number of aromatic nitrogens is 2. The zero-order valence-corrected chi connectivity index (χ0v) is 14.3. The van der Waals surface area contributed by atoms with Crippen LogP contribution in [0.1, 0.15) is 69.2 Å². The summed E-state index contributed by atoms with van der Waals surface area (Å²) >= 11 is 0. The molecule has 0 bridgehead atoms. The lowest BCUT2D eigenvalue weighted by atomic mass is 10.1. The summed E-state index contributed by atoms with van der Waals surface area (Å²) in [4.78, 5) is 16.9. The maximum absolute atomic E-state index is 12.2. The Morgan fingerprint density at radius 3 is 2.50 bits per heavy atom. The number of nitrogens with zero attached hydrogens (tertiary/aromatic N) is 2. The van der Waals surface area contributed by atoms with Crippen molar-refractivity contribution < 1.29 is 4.79 Å². The normalized spacial score (nSPS) is 12.8. The van der Waals surface area contributed by atoms with E-state index >= 15 is 0 Å². The Balaban J connectivity index is 2.39. The van der Waals surface area contributed by atoms with Gasteiger partial charge in [0.25, 0.3) is 5.91 Å². The van der Waals surface area contributed by atoms with E-state index in [0.717, 1.165) is 36.1 Å². The lowest BCUT2D eigenvalue weighted by molar-refractivity contribution is 0.0939. The molecule has 1 unspecified atom stereocenters. The molecule has 1 atom stereocenters. The van der Waals surface area contributed by atoms with Crippen molar-refractivity contribution in [1.29, 1.82) is 0 Å². The van der Waals surface area contributed by atoms with Gasteiger partial charge in [0, 0.05) is 17.6 Å². The molecule has 1 amide bonds. The molecule has 0 spiro atoms. The quantitative estimate of drug-likeness (QED) is 0.867. The standard InChI is InChI=1S/C18H27N3O/c1-6-12(4)19-18(22)14-9-10-17-16(11-14)20-13(5)21(17)15(7-2)8-3/h9-12,15H,6-8H2,1-5H3,(H,19,22). The van der Waals surface area contributed by atoms with Crippen LogP contribution in [0.15, 0.2) is 18.2 Å². The van der Waals surface area contributed by atoms with Crippen LogP contribution in [0.5, 0.6) is 0 Å². The van der Waals surface area contributed by atoms with Crippen LogP contribution in [0.2, 0.25) is 0 Å². The number of carbonyl (C=O) groups excluding carboxylic acids is 1. The van der Waals surface area contributed by atoms with E-state index in [1.807, 2.05) is 32.0 Å². The molecule has 2 aromatic rings. The Labute approximate surface area is 132 Å². The first-order chi connectivity index (χ1) is 10.5. The third kappa shape index (κ3) is 3.16. The van der Waals surface area contributed by atoms with Crippen LogP contribution in [-0.4, -0.2) is 21.5 Å². The average Bonchev–Trinajstić information content (AvgIpc) is 2.84. The highest BCUT2D eigenvalue weighted by molar-refractivity contribution is 5.97. The van der Waals surface area contributed by atoms with Crippen LogP contribution in [0.25, 0.3) is 11.0 Å². The first-order valence-corrected chi connectivity index (χ1v) is 8.31. The lowest BCUT2D eigenvalue weighted by Crippen LogP contribution is -2.31. The number of hydrogen-bond acceptors (Lipinski definition) is 2. The Morgan fingerprint density at radius 2 is 1.91 bits per heavy atom. The Kier molecular flexibility index (Phi) is 5.22. The summed E-state index contributed by atoms with van der Waals surface area (Å²) in [6, 6.07) is 6.48. The monoisotopic (exact) mass is 301 g/mol. The molecule has 4 heteroatoms. The molecular formula is C18H27N3O. The molecule has 0 fully saturated rings. The van der Waals surface area contributed by atoms with Crippen LogP contribution in [-0.2, 0) is 0 Å². The van der Waals surface area contributed by atoms with Gasteiger partial charge in [-0.05, 0) is 51.3 Å². The number of amides is 1. The zero-order valence-electron chi connectivity index (χ0n) is 14.3. The van der Waals surface area contributed by atoms with E-state index in [1.165, 1.54) is 0 Å². The Hall–Kier alpha value is -1.84. The third-order valence-corrected chi connectivity index (χ3v) is 4.43. The van der Waals surface area contributed by atoms with E-state index in [9.17, 15) is 4.79 Å². The molecule has 0 aliphatic carbocycles. The van der Waals surface area contributed by atoms with Gasteiger partial charge in [0.2, 0.25) is 0 Å². The summed E-state index contributed by atoms with van der Waals surface area (Å²) < 4.78 is 2.30. The minimum absolute atomic E-state index is 0.0222. The summed E-state index contributed by atoms with van der Waals surface area (Å²) in [7, 11) is 0. The fourth-order valence-corrected chi connectivity index (χ4v) is 2.88. The number of carbonyl (C=O) groups is 1. The predicted molar refractivity (Wildman–Crippen MR) is 91.3 cm³/mol. The van der Waals surface area contributed by atoms with Crippen molar-refractivity contribution in [2.24, 2.45) is 0 Å².